The van der Waals surface area contributed by atoms with Gasteiger partial charge in [-0.25, -0.2) is 0 Å². The lowest BCUT2D eigenvalue weighted by molar-refractivity contribution is 0.820. The maximum absolute atomic E-state index is 11.4. The third-order valence-electron chi connectivity index (χ3n) is 2.53. The van der Waals surface area contributed by atoms with Gasteiger partial charge < -0.3 is 4.57 Å². The Morgan fingerprint density at radius 1 is 1.15 bits per heavy atom. The number of hydrogen-bond acceptors (Lipinski definition) is 1. The highest BCUT2D eigenvalue weighted by atomic mass is 16.1. The van der Waals surface area contributed by atoms with Crippen LogP contribution in [-0.4, -0.2) is 4.57 Å². The van der Waals surface area contributed by atoms with Gasteiger partial charge in [-0.2, -0.15) is 0 Å². The molecule has 0 bridgehead atoms. The zero-order valence-electron chi connectivity index (χ0n) is 7.03. The summed E-state index contributed by atoms with van der Waals surface area (Å²) in [6.45, 7) is 0.718. The zero-order chi connectivity index (χ0) is 8.84. The fraction of sp³-hybridized carbons (Fsp3) is 0.0909. The summed E-state index contributed by atoms with van der Waals surface area (Å²) in [6, 6.07) is 9.62. The molecule has 0 saturated heterocycles. The lowest BCUT2D eigenvalue weighted by Gasteiger charge is -2.01. The molecule has 0 spiro atoms. The summed E-state index contributed by atoms with van der Waals surface area (Å²) >= 11 is 0. The van der Waals surface area contributed by atoms with E-state index in [0.717, 1.165) is 17.4 Å². The normalized spacial score (nSPS) is 13.8. The van der Waals surface area contributed by atoms with Crippen LogP contribution in [0.25, 0.3) is 10.9 Å². The predicted molar refractivity (Wildman–Crippen MR) is 51.6 cm³/mol. The van der Waals surface area contributed by atoms with E-state index in [1.54, 1.807) is 6.07 Å². The number of pyridine rings is 1. The number of rotatable bonds is 0. The van der Waals surface area contributed by atoms with Crippen LogP contribution in [0, 0.1) is 6.42 Å². The molecule has 0 atom stereocenters. The molecule has 0 aliphatic carbocycles. The van der Waals surface area contributed by atoms with Crippen molar-refractivity contribution in [3.05, 3.63) is 52.7 Å². The molecule has 1 aliphatic heterocycles. The maximum atomic E-state index is 11.4. The van der Waals surface area contributed by atoms with Crippen molar-refractivity contribution in [2.45, 2.75) is 6.54 Å². The highest BCUT2D eigenvalue weighted by Crippen LogP contribution is 2.24. The van der Waals surface area contributed by atoms with Crippen LogP contribution in [-0.2, 0) is 6.54 Å². The van der Waals surface area contributed by atoms with Crippen molar-refractivity contribution in [2.75, 3.05) is 0 Å². The molecule has 1 aromatic carbocycles. The van der Waals surface area contributed by atoms with Crippen molar-refractivity contribution < 1.29 is 0 Å². The van der Waals surface area contributed by atoms with Gasteiger partial charge in [0.15, 0.2) is 0 Å². The molecule has 2 nitrogen and oxygen atoms in total. The molecule has 1 radical (unpaired) electrons. The number of aromatic nitrogens is 1. The van der Waals surface area contributed by atoms with E-state index in [1.165, 1.54) is 5.56 Å². The third-order valence-corrected chi connectivity index (χ3v) is 2.53. The molecule has 2 heterocycles. The standard InChI is InChI=1S/C11H8NO/c13-10-5-4-8-2-1-3-9-6-7-12(10)11(8)9/h1-6H,7H2. The minimum atomic E-state index is 0.0914. The van der Waals surface area contributed by atoms with Gasteiger partial charge >= 0.3 is 0 Å². The smallest absolute Gasteiger partial charge is 0.251 e. The molecule has 0 N–H and O–H groups in total. The van der Waals surface area contributed by atoms with E-state index in [1.807, 2.05) is 28.8 Å². The highest BCUT2D eigenvalue weighted by Gasteiger charge is 2.13. The van der Waals surface area contributed by atoms with Crippen molar-refractivity contribution >= 4 is 10.9 Å². The van der Waals surface area contributed by atoms with Gasteiger partial charge in [0.2, 0.25) is 0 Å². The van der Waals surface area contributed by atoms with E-state index in [0.29, 0.717) is 0 Å². The molecule has 13 heavy (non-hydrogen) atoms. The van der Waals surface area contributed by atoms with Crippen LogP contribution in [0.15, 0.2) is 35.1 Å². The largest absolute Gasteiger partial charge is 0.307 e. The van der Waals surface area contributed by atoms with Crippen LogP contribution in [0.1, 0.15) is 5.56 Å². The van der Waals surface area contributed by atoms with Gasteiger partial charge in [0.1, 0.15) is 0 Å². The second-order valence-electron chi connectivity index (χ2n) is 3.27. The van der Waals surface area contributed by atoms with E-state index in [9.17, 15) is 4.79 Å². The van der Waals surface area contributed by atoms with Crippen LogP contribution >= 0.6 is 0 Å². The first-order valence-electron chi connectivity index (χ1n) is 4.32. The molecule has 0 unspecified atom stereocenters. The molecule has 2 heteroatoms. The van der Waals surface area contributed by atoms with Crippen molar-refractivity contribution in [1.82, 2.24) is 4.57 Å². The van der Waals surface area contributed by atoms with Crippen molar-refractivity contribution in [2.24, 2.45) is 0 Å². The first-order valence-corrected chi connectivity index (χ1v) is 4.32. The van der Waals surface area contributed by atoms with Crippen molar-refractivity contribution in [1.29, 1.82) is 0 Å². The highest BCUT2D eigenvalue weighted by molar-refractivity contribution is 5.84. The Labute approximate surface area is 75.4 Å². The van der Waals surface area contributed by atoms with E-state index >= 15 is 0 Å². The summed E-state index contributed by atoms with van der Waals surface area (Å²) < 4.78 is 1.81. The van der Waals surface area contributed by atoms with Gasteiger partial charge in [0.05, 0.1) is 5.52 Å². The lowest BCUT2D eigenvalue weighted by Crippen LogP contribution is -2.15. The topological polar surface area (TPSA) is 22.0 Å². The molecular formula is C11H8NO. The van der Waals surface area contributed by atoms with Crippen molar-refractivity contribution in [3.63, 3.8) is 0 Å². The number of hydrogen-bond donors (Lipinski definition) is 0. The Balaban J connectivity index is 2.64. The molecule has 1 aliphatic rings. The van der Waals surface area contributed by atoms with Gasteiger partial charge in [-0.3, -0.25) is 4.79 Å². The van der Waals surface area contributed by atoms with E-state index in [2.05, 4.69) is 6.42 Å². The minimum Gasteiger partial charge on any atom is -0.307 e. The second-order valence-corrected chi connectivity index (χ2v) is 3.27. The molecule has 0 amide bonds. The molecular weight excluding hydrogens is 162 g/mol. The Bertz CT molecular complexity index is 539. The number of nitrogens with zero attached hydrogens (tertiary/aromatic N) is 1. The van der Waals surface area contributed by atoms with Crippen LogP contribution in [0.3, 0.4) is 0 Å². The van der Waals surface area contributed by atoms with E-state index in [4.69, 9.17) is 0 Å². The molecule has 0 fully saturated rings. The van der Waals surface area contributed by atoms with Gasteiger partial charge in [-0.1, -0.05) is 18.2 Å². The van der Waals surface area contributed by atoms with Gasteiger partial charge in [0, 0.05) is 19.0 Å². The third kappa shape index (κ3) is 0.800. The van der Waals surface area contributed by atoms with Crippen LogP contribution in [0.4, 0.5) is 0 Å². The Morgan fingerprint density at radius 2 is 2.08 bits per heavy atom. The average molecular weight is 170 g/mol. The number of benzene rings is 1. The van der Waals surface area contributed by atoms with Gasteiger partial charge in [-0.05, 0) is 17.0 Å². The average Bonchev–Trinajstić information content (AvgIpc) is 2.57. The zero-order valence-corrected chi connectivity index (χ0v) is 7.03. The van der Waals surface area contributed by atoms with Gasteiger partial charge in [-0.15, -0.1) is 0 Å². The summed E-state index contributed by atoms with van der Waals surface area (Å²) in [5, 5.41) is 1.14. The molecule has 0 saturated carbocycles. The molecule has 2 aromatic rings. The SMILES string of the molecule is O=c1ccc2cccc3c2n1C[CH]3. The van der Waals surface area contributed by atoms with Crippen LogP contribution in [0.2, 0.25) is 0 Å². The van der Waals surface area contributed by atoms with Crippen molar-refractivity contribution in [3.8, 4) is 0 Å². The number of para-hydroxylation sites is 1. The molecule has 1 aromatic heterocycles. The molecule has 63 valence electrons. The second kappa shape index (κ2) is 2.22. The fourth-order valence-corrected chi connectivity index (χ4v) is 1.92. The van der Waals surface area contributed by atoms with Crippen LogP contribution < -0.4 is 5.56 Å². The first-order chi connectivity index (χ1) is 6.36. The Hall–Kier alpha value is -1.57. The maximum Gasteiger partial charge on any atom is 0.251 e. The summed E-state index contributed by atoms with van der Waals surface area (Å²) in [4.78, 5) is 11.4. The Morgan fingerprint density at radius 3 is 3.00 bits per heavy atom. The summed E-state index contributed by atoms with van der Waals surface area (Å²) in [5.74, 6) is 0. The first kappa shape index (κ1) is 6.89. The Kier molecular flexibility index (Phi) is 1.18. The molecule has 3 rings (SSSR count). The fourth-order valence-electron chi connectivity index (χ4n) is 1.92. The minimum absolute atomic E-state index is 0.0914. The quantitative estimate of drug-likeness (QED) is 0.588. The summed E-state index contributed by atoms with van der Waals surface area (Å²) in [5.41, 5.74) is 2.35. The van der Waals surface area contributed by atoms with E-state index < -0.39 is 0 Å². The van der Waals surface area contributed by atoms with Crippen LogP contribution in [0.5, 0.6) is 0 Å². The summed E-state index contributed by atoms with van der Waals surface area (Å²) in [7, 11) is 0. The monoisotopic (exact) mass is 170 g/mol. The van der Waals surface area contributed by atoms with E-state index in [-0.39, 0.29) is 5.56 Å². The summed E-state index contributed by atoms with van der Waals surface area (Å²) in [6.07, 6.45) is 2.09. The lowest BCUT2D eigenvalue weighted by atomic mass is 10.1. The predicted octanol–water partition coefficient (Wildman–Crippen LogP) is 1.57. The van der Waals surface area contributed by atoms with Gasteiger partial charge in [0.25, 0.3) is 5.56 Å².